The zero-order valence-electron chi connectivity index (χ0n) is 17.8. The maximum atomic E-state index is 12.8. The first-order chi connectivity index (χ1) is 15.4. The van der Waals surface area contributed by atoms with Gasteiger partial charge in [0.05, 0.1) is 10.4 Å². The SMILES string of the molecule is Cn1c(SCCCN2CC[C@]3(CC3c3ccc(C(F)(F)F)cc3)C2)nnc1-c1cccs1. The maximum Gasteiger partial charge on any atom is 0.416 e. The van der Waals surface area contributed by atoms with Crippen LogP contribution in [0.4, 0.5) is 13.2 Å². The van der Waals surface area contributed by atoms with Crippen LogP contribution in [0.5, 0.6) is 0 Å². The van der Waals surface area contributed by atoms with Gasteiger partial charge in [-0.25, -0.2) is 0 Å². The predicted octanol–water partition coefficient (Wildman–Crippen LogP) is 5.92. The average Bonchev–Trinajstić information content (AvgIpc) is 3.16. The second-order valence-electron chi connectivity index (χ2n) is 8.81. The molecule has 2 aromatic heterocycles. The highest BCUT2D eigenvalue weighted by Crippen LogP contribution is 2.64. The summed E-state index contributed by atoms with van der Waals surface area (Å²) in [6.45, 7) is 3.17. The lowest BCUT2D eigenvalue weighted by Gasteiger charge is -2.16. The molecule has 0 amide bonds. The van der Waals surface area contributed by atoms with Gasteiger partial charge in [0.15, 0.2) is 11.0 Å². The van der Waals surface area contributed by atoms with Crippen LogP contribution in [0.1, 0.15) is 36.3 Å². The monoisotopic (exact) mass is 478 g/mol. The Hall–Kier alpha value is -1.84. The van der Waals surface area contributed by atoms with E-state index in [2.05, 4.69) is 25.7 Å². The van der Waals surface area contributed by atoms with E-state index in [0.29, 0.717) is 5.92 Å². The van der Waals surface area contributed by atoms with E-state index < -0.39 is 11.7 Å². The Morgan fingerprint density at radius 1 is 1.19 bits per heavy atom. The second-order valence-corrected chi connectivity index (χ2v) is 10.8. The molecule has 5 rings (SSSR count). The molecule has 2 aliphatic rings. The van der Waals surface area contributed by atoms with E-state index in [4.69, 9.17) is 0 Å². The highest BCUT2D eigenvalue weighted by molar-refractivity contribution is 7.99. The van der Waals surface area contributed by atoms with Gasteiger partial charge in [0.25, 0.3) is 0 Å². The van der Waals surface area contributed by atoms with Gasteiger partial charge >= 0.3 is 6.18 Å². The van der Waals surface area contributed by atoms with Gasteiger partial charge in [-0.15, -0.1) is 21.5 Å². The minimum atomic E-state index is -4.27. The first-order valence-corrected chi connectivity index (χ1v) is 12.7. The highest BCUT2D eigenvalue weighted by atomic mass is 32.2. The number of aromatic nitrogens is 3. The van der Waals surface area contributed by atoms with Crippen molar-refractivity contribution >= 4 is 23.1 Å². The molecule has 1 saturated carbocycles. The molecule has 1 aliphatic heterocycles. The highest BCUT2D eigenvalue weighted by Gasteiger charge is 2.57. The van der Waals surface area contributed by atoms with Gasteiger partial charge < -0.3 is 9.47 Å². The Labute approximate surface area is 193 Å². The van der Waals surface area contributed by atoms with Crippen LogP contribution in [-0.4, -0.2) is 45.1 Å². The predicted molar refractivity (Wildman–Crippen MR) is 122 cm³/mol. The quantitative estimate of drug-likeness (QED) is 0.312. The van der Waals surface area contributed by atoms with E-state index >= 15 is 0 Å². The van der Waals surface area contributed by atoms with E-state index in [9.17, 15) is 13.2 Å². The van der Waals surface area contributed by atoms with Gasteiger partial charge in [0, 0.05) is 19.3 Å². The van der Waals surface area contributed by atoms with Crippen LogP contribution in [0.25, 0.3) is 10.7 Å². The number of thiophene rings is 1. The summed E-state index contributed by atoms with van der Waals surface area (Å²) in [7, 11) is 2.01. The summed E-state index contributed by atoms with van der Waals surface area (Å²) in [5.41, 5.74) is 0.762. The molecule has 4 nitrogen and oxygen atoms in total. The summed E-state index contributed by atoms with van der Waals surface area (Å²) in [5.74, 6) is 2.30. The number of likely N-dealkylation sites (tertiary alicyclic amines) is 1. The summed E-state index contributed by atoms with van der Waals surface area (Å²) in [5, 5.41) is 11.6. The number of hydrogen-bond donors (Lipinski definition) is 0. The van der Waals surface area contributed by atoms with Gasteiger partial charge in [-0.1, -0.05) is 30.0 Å². The molecule has 170 valence electrons. The fourth-order valence-electron chi connectivity index (χ4n) is 4.86. The molecule has 32 heavy (non-hydrogen) atoms. The van der Waals surface area contributed by atoms with Gasteiger partial charge in [-0.2, -0.15) is 13.2 Å². The number of hydrogen-bond acceptors (Lipinski definition) is 5. The molecular formula is C23H25F3N4S2. The van der Waals surface area contributed by atoms with E-state index in [1.54, 1.807) is 35.2 Å². The topological polar surface area (TPSA) is 34.0 Å². The molecule has 3 aromatic rings. The number of thioether (sulfide) groups is 1. The van der Waals surface area contributed by atoms with Gasteiger partial charge in [0.1, 0.15) is 0 Å². The summed E-state index contributed by atoms with van der Waals surface area (Å²) < 4.78 is 40.5. The van der Waals surface area contributed by atoms with Crippen molar-refractivity contribution in [2.45, 2.75) is 36.5 Å². The zero-order valence-corrected chi connectivity index (χ0v) is 19.4. The van der Waals surface area contributed by atoms with Crippen LogP contribution in [-0.2, 0) is 13.2 Å². The molecule has 1 aromatic carbocycles. The zero-order chi connectivity index (χ0) is 22.3. The van der Waals surface area contributed by atoms with Crippen LogP contribution in [0, 0.1) is 5.41 Å². The van der Waals surface area contributed by atoms with Crippen LogP contribution in [0.2, 0.25) is 0 Å². The van der Waals surface area contributed by atoms with E-state index in [0.717, 1.165) is 66.1 Å². The second kappa shape index (κ2) is 8.50. The molecule has 0 radical (unpaired) electrons. The third kappa shape index (κ3) is 4.34. The summed E-state index contributed by atoms with van der Waals surface area (Å²) >= 11 is 3.41. The lowest BCUT2D eigenvalue weighted by Crippen LogP contribution is -2.23. The standard InChI is InChI=1S/C23H25F3N4S2/c1-29-20(19-4-2-12-31-19)27-28-21(29)32-13-3-10-30-11-9-22(15-30)14-18(22)16-5-7-17(8-6-16)23(24,25)26/h2,4-8,12,18H,3,9-11,13-15H2,1H3/t18?,22-/m0/s1. The largest absolute Gasteiger partial charge is 0.416 e. The molecule has 1 aliphatic carbocycles. The number of rotatable bonds is 7. The van der Waals surface area contributed by atoms with E-state index in [1.165, 1.54) is 12.1 Å². The number of nitrogens with zero attached hydrogens (tertiary/aromatic N) is 4. The van der Waals surface area contributed by atoms with Crippen molar-refractivity contribution in [1.29, 1.82) is 0 Å². The smallest absolute Gasteiger partial charge is 0.305 e. The van der Waals surface area contributed by atoms with Crippen LogP contribution < -0.4 is 0 Å². The first kappa shape index (κ1) is 22.0. The summed E-state index contributed by atoms with van der Waals surface area (Å²) in [6.07, 6.45) is -0.960. The van der Waals surface area contributed by atoms with Crippen molar-refractivity contribution in [1.82, 2.24) is 19.7 Å². The van der Waals surface area contributed by atoms with Crippen molar-refractivity contribution in [3.63, 3.8) is 0 Å². The van der Waals surface area contributed by atoms with Crippen LogP contribution in [0.3, 0.4) is 0 Å². The summed E-state index contributed by atoms with van der Waals surface area (Å²) in [4.78, 5) is 3.64. The number of alkyl halides is 3. The molecular weight excluding hydrogens is 453 g/mol. The molecule has 2 fully saturated rings. The van der Waals surface area contributed by atoms with Crippen molar-refractivity contribution in [3.05, 3.63) is 52.9 Å². The molecule has 0 bridgehead atoms. The number of benzene rings is 1. The minimum absolute atomic E-state index is 0.270. The first-order valence-electron chi connectivity index (χ1n) is 10.8. The minimum Gasteiger partial charge on any atom is -0.305 e. The molecule has 3 heterocycles. The lowest BCUT2D eigenvalue weighted by molar-refractivity contribution is -0.137. The Morgan fingerprint density at radius 3 is 2.72 bits per heavy atom. The summed E-state index contributed by atoms with van der Waals surface area (Å²) in [6, 6.07) is 9.87. The Morgan fingerprint density at radius 2 is 2.00 bits per heavy atom. The third-order valence-electron chi connectivity index (χ3n) is 6.72. The normalized spacial score (nSPS) is 23.3. The maximum absolute atomic E-state index is 12.8. The molecule has 1 unspecified atom stereocenters. The fraction of sp³-hybridized carbons (Fsp3) is 0.478. The Balaban J connectivity index is 1.08. The van der Waals surface area contributed by atoms with E-state index in [1.807, 2.05) is 18.5 Å². The van der Waals surface area contributed by atoms with Gasteiger partial charge in [-0.05, 0) is 72.8 Å². The van der Waals surface area contributed by atoms with Crippen molar-refractivity contribution in [3.8, 4) is 10.7 Å². The van der Waals surface area contributed by atoms with Crippen molar-refractivity contribution in [2.75, 3.05) is 25.4 Å². The van der Waals surface area contributed by atoms with Crippen LogP contribution >= 0.6 is 23.1 Å². The van der Waals surface area contributed by atoms with Crippen molar-refractivity contribution < 1.29 is 13.2 Å². The molecule has 2 atom stereocenters. The van der Waals surface area contributed by atoms with Gasteiger partial charge in [-0.3, -0.25) is 0 Å². The fourth-order valence-corrected chi connectivity index (χ4v) is 6.44. The Kier molecular flexibility index (Phi) is 5.84. The van der Waals surface area contributed by atoms with Gasteiger partial charge in [0.2, 0.25) is 0 Å². The van der Waals surface area contributed by atoms with E-state index in [-0.39, 0.29) is 5.41 Å². The van der Waals surface area contributed by atoms with Crippen LogP contribution in [0.15, 0.2) is 46.9 Å². The Bertz CT molecular complexity index is 1060. The molecule has 9 heteroatoms. The molecule has 0 N–H and O–H groups in total. The molecule has 1 spiro atoms. The lowest BCUT2D eigenvalue weighted by atomic mass is 9.97. The average molecular weight is 479 g/mol. The molecule has 1 saturated heterocycles. The van der Waals surface area contributed by atoms with Crippen molar-refractivity contribution in [2.24, 2.45) is 12.5 Å². The number of halogens is 3. The third-order valence-corrected chi connectivity index (χ3v) is 8.69.